The molecule has 2 unspecified atom stereocenters. The van der Waals surface area contributed by atoms with Crippen molar-refractivity contribution in [3.8, 4) is 0 Å². The van der Waals surface area contributed by atoms with Crippen molar-refractivity contribution in [3.63, 3.8) is 0 Å². The van der Waals surface area contributed by atoms with Crippen LogP contribution in [0.1, 0.15) is 90.2 Å². The molecule has 3 rings (SSSR count). The van der Waals surface area contributed by atoms with Gasteiger partial charge in [-0.15, -0.1) is 0 Å². The quantitative estimate of drug-likeness (QED) is 0.640. The largest absolute Gasteiger partial charge is 0.332 e. The molecule has 2 saturated heterocycles. The van der Waals surface area contributed by atoms with Gasteiger partial charge in [0.25, 0.3) is 0 Å². The van der Waals surface area contributed by atoms with Crippen LogP contribution >= 0.6 is 0 Å². The number of anilines is 1. The van der Waals surface area contributed by atoms with Gasteiger partial charge < -0.3 is 5.32 Å². The number of hydrogen-bond donors (Lipinski definition) is 2. The summed E-state index contributed by atoms with van der Waals surface area (Å²) in [4.78, 5) is 15.2. The Hall–Kier alpha value is -1.67. The molecule has 0 spiro atoms. The average Bonchev–Trinajstić information content (AvgIpc) is 2.92. The summed E-state index contributed by atoms with van der Waals surface area (Å²) < 4.78 is 42.4. The molecule has 0 aliphatic carbocycles. The fourth-order valence-corrected chi connectivity index (χ4v) is 6.74. The minimum absolute atomic E-state index is 0.0314. The van der Waals surface area contributed by atoms with Crippen LogP contribution in [0.2, 0.25) is 0 Å². The summed E-state index contributed by atoms with van der Waals surface area (Å²) in [6, 6.07) is 2.91. The van der Waals surface area contributed by atoms with Crippen LogP contribution in [0.15, 0.2) is 12.1 Å². The van der Waals surface area contributed by atoms with E-state index in [4.69, 9.17) is 0 Å². The predicted octanol–water partition coefficient (Wildman–Crippen LogP) is 4.93. The van der Waals surface area contributed by atoms with E-state index in [1.807, 2.05) is 27.7 Å². The molecule has 31 heavy (non-hydrogen) atoms. The minimum Gasteiger partial charge on any atom is -0.307 e. The summed E-state index contributed by atoms with van der Waals surface area (Å²) in [6.45, 7) is 11.9. The Morgan fingerprint density at radius 2 is 1.48 bits per heavy atom. The van der Waals surface area contributed by atoms with Crippen molar-refractivity contribution >= 4 is 21.7 Å². The molecule has 1 aromatic rings. The summed E-state index contributed by atoms with van der Waals surface area (Å²) in [5.74, 6) is -0.425. The molecule has 6 nitrogen and oxygen atoms in total. The summed E-state index contributed by atoms with van der Waals surface area (Å²) >= 11 is 0. The summed E-state index contributed by atoms with van der Waals surface area (Å²) in [7, 11) is -3.81. The van der Waals surface area contributed by atoms with Crippen LogP contribution in [0, 0.1) is 5.82 Å². The lowest BCUT2D eigenvalue weighted by Gasteiger charge is -2.41. The number of benzene rings is 1. The van der Waals surface area contributed by atoms with E-state index >= 15 is 0 Å². The van der Waals surface area contributed by atoms with Gasteiger partial charge in [0.2, 0.25) is 10.0 Å². The monoisotopic (exact) mass is 453 g/mol. The molecule has 2 N–H and O–H groups in total. The van der Waals surface area contributed by atoms with Gasteiger partial charge in [-0.2, -0.15) is 0 Å². The number of carbonyl (C=O) groups excluding carboxylic acids is 1. The Labute approximate surface area is 186 Å². The van der Waals surface area contributed by atoms with Crippen LogP contribution < -0.4 is 10.0 Å². The first kappa shape index (κ1) is 24.0. The standard InChI is InChI=1S/C23H36FN3O3S/c1-13(2)20-9-16(24)10-21(14(3)4)22(20)25-23(28)26-31(29,30)19-11-17-7-8-18(12-19)27(17)15(5)6/h9-10,13-15,17-19H,7-8,11-12H2,1-6H3,(H2,25,26,28). The van der Waals surface area contributed by atoms with E-state index in [0.717, 1.165) is 12.8 Å². The molecule has 8 heteroatoms. The van der Waals surface area contributed by atoms with Gasteiger partial charge in [0.05, 0.1) is 5.25 Å². The predicted molar refractivity (Wildman–Crippen MR) is 122 cm³/mol. The second-order valence-corrected chi connectivity index (χ2v) is 11.9. The molecule has 1 aromatic carbocycles. The van der Waals surface area contributed by atoms with E-state index in [1.54, 1.807) is 0 Å². The maximum Gasteiger partial charge on any atom is 0.332 e. The van der Waals surface area contributed by atoms with Crippen molar-refractivity contribution in [3.05, 3.63) is 29.1 Å². The summed E-state index contributed by atoms with van der Waals surface area (Å²) in [5.41, 5.74) is 1.80. The van der Waals surface area contributed by atoms with Crippen LogP contribution in [0.4, 0.5) is 14.9 Å². The second kappa shape index (κ2) is 9.06. The number of nitrogens with one attached hydrogen (secondary N) is 2. The Morgan fingerprint density at radius 3 is 1.90 bits per heavy atom. The topological polar surface area (TPSA) is 78.5 Å². The molecule has 2 aliphatic rings. The molecule has 2 amide bonds. The molecule has 0 radical (unpaired) electrons. The fourth-order valence-electron chi connectivity index (χ4n) is 5.32. The number of hydrogen-bond acceptors (Lipinski definition) is 4. The van der Waals surface area contributed by atoms with Gasteiger partial charge in [0, 0.05) is 23.8 Å². The maximum absolute atomic E-state index is 14.1. The number of carbonyl (C=O) groups is 1. The minimum atomic E-state index is -3.81. The van der Waals surface area contributed by atoms with Crippen molar-refractivity contribution in [2.45, 2.75) is 102 Å². The van der Waals surface area contributed by atoms with Crippen LogP contribution in [0.5, 0.6) is 0 Å². The smallest absolute Gasteiger partial charge is 0.307 e. The number of rotatable bonds is 6. The second-order valence-electron chi connectivity index (χ2n) is 9.89. The zero-order valence-electron chi connectivity index (χ0n) is 19.4. The average molecular weight is 454 g/mol. The molecule has 0 aromatic heterocycles. The van der Waals surface area contributed by atoms with E-state index < -0.39 is 21.3 Å². The molecule has 2 aliphatic heterocycles. The third kappa shape index (κ3) is 5.06. The number of nitrogens with zero attached hydrogens (tertiary/aromatic N) is 1. The van der Waals surface area contributed by atoms with Gasteiger partial charge in [-0.3, -0.25) is 4.90 Å². The Morgan fingerprint density at radius 1 is 1.00 bits per heavy atom. The highest BCUT2D eigenvalue weighted by Crippen LogP contribution is 2.39. The van der Waals surface area contributed by atoms with Crippen molar-refractivity contribution in [1.29, 1.82) is 0 Å². The molecule has 2 bridgehead atoms. The number of piperidine rings is 1. The zero-order chi connectivity index (χ0) is 23.1. The van der Waals surface area contributed by atoms with E-state index in [-0.39, 0.29) is 29.7 Å². The van der Waals surface area contributed by atoms with Gasteiger partial charge in [-0.1, -0.05) is 27.7 Å². The number of halogens is 1. The fraction of sp³-hybridized carbons (Fsp3) is 0.696. The Balaban J connectivity index is 1.77. The highest BCUT2D eigenvalue weighted by atomic mass is 32.2. The Bertz CT molecular complexity index is 887. The van der Waals surface area contributed by atoms with Crippen LogP contribution in [0.3, 0.4) is 0 Å². The molecular formula is C23H36FN3O3S. The van der Waals surface area contributed by atoms with Crippen LogP contribution in [-0.2, 0) is 10.0 Å². The normalized spacial score (nSPS) is 24.3. The number of urea groups is 1. The van der Waals surface area contributed by atoms with Gasteiger partial charge in [-0.05, 0) is 74.6 Å². The number of fused-ring (bicyclic) bond motifs is 2. The lowest BCUT2D eigenvalue weighted by Crippen LogP contribution is -2.52. The maximum atomic E-state index is 14.1. The molecule has 2 atom stereocenters. The highest BCUT2D eigenvalue weighted by Gasteiger charge is 2.46. The van der Waals surface area contributed by atoms with Crippen molar-refractivity contribution in [1.82, 2.24) is 9.62 Å². The first-order chi connectivity index (χ1) is 14.4. The lowest BCUT2D eigenvalue weighted by molar-refractivity contribution is 0.105. The molecule has 2 heterocycles. The molecule has 0 saturated carbocycles. The zero-order valence-corrected chi connectivity index (χ0v) is 20.2. The van der Waals surface area contributed by atoms with Crippen LogP contribution in [-0.4, -0.2) is 42.7 Å². The lowest BCUT2D eigenvalue weighted by atomic mass is 9.92. The first-order valence-electron chi connectivity index (χ1n) is 11.3. The molecular weight excluding hydrogens is 417 g/mol. The van der Waals surface area contributed by atoms with E-state index in [1.165, 1.54) is 12.1 Å². The van der Waals surface area contributed by atoms with Gasteiger partial charge in [-0.25, -0.2) is 22.3 Å². The van der Waals surface area contributed by atoms with Crippen molar-refractivity contribution in [2.24, 2.45) is 0 Å². The Kier molecular flexibility index (Phi) is 7.01. The number of amides is 2. The number of sulfonamides is 1. The SMILES string of the molecule is CC(C)c1cc(F)cc(C(C)C)c1NC(=O)NS(=O)(=O)C1CC2CCC(C1)N2C(C)C. The van der Waals surface area contributed by atoms with Gasteiger partial charge in [0.15, 0.2) is 0 Å². The summed E-state index contributed by atoms with van der Waals surface area (Å²) in [5, 5.41) is 2.15. The van der Waals surface area contributed by atoms with Crippen molar-refractivity contribution in [2.75, 3.05) is 5.32 Å². The summed E-state index contributed by atoms with van der Waals surface area (Å²) in [6.07, 6.45) is 3.10. The van der Waals surface area contributed by atoms with E-state index in [9.17, 15) is 17.6 Å². The van der Waals surface area contributed by atoms with E-state index in [0.29, 0.717) is 35.7 Å². The molecule has 174 valence electrons. The van der Waals surface area contributed by atoms with E-state index in [2.05, 4.69) is 28.8 Å². The third-order valence-electron chi connectivity index (χ3n) is 6.66. The van der Waals surface area contributed by atoms with Gasteiger partial charge in [0.1, 0.15) is 5.82 Å². The first-order valence-corrected chi connectivity index (χ1v) is 12.9. The van der Waals surface area contributed by atoms with Gasteiger partial charge >= 0.3 is 6.03 Å². The van der Waals surface area contributed by atoms with Crippen LogP contribution in [0.25, 0.3) is 0 Å². The van der Waals surface area contributed by atoms with Crippen molar-refractivity contribution < 1.29 is 17.6 Å². The highest BCUT2D eigenvalue weighted by molar-refractivity contribution is 7.90. The third-order valence-corrected chi connectivity index (χ3v) is 8.40. The molecule has 2 fully saturated rings.